The van der Waals surface area contributed by atoms with Crippen molar-refractivity contribution in [1.29, 1.82) is 0 Å². The number of thioether (sulfide) groups is 1. The molecule has 1 N–H and O–H groups in total. The molecule has 1 aliphatic rings. The second-order valence-corrected chi connectivity index (χ2v) is 5.40. The van der Waals surface area contributed by atoms with Crippen molar-refractivity contribution in [3.05, 3.63) is 0 Å². The quantitative estimate of drug-likeness (QED) is 0.796. The molecule has 17 heavy (non-hydrogen) atoms. The van der Waals surface area contributed by atoms with Gasteiger partial charge in [0.2, 0.25) is 0 Å². The number of rotatable bonds is 4. The molecule has 2 nitrogen and oxygen atoms in total. The Kier molecular flexibility index (Phi) is 5.09. The Hall–Kier alpha value is -0.460. The molecule has 100 valence electrons. The van der Waals surface area contributed by atoms with E-state index in [1.807, 2.05) is 13.8 Å². The largest absolute Gasteiger partial charge is 0.362 e. The van der Waals surface area contributed by atoms with Gasteiger partial charge in [0.1, 0.15) is 6.54 Å². The molecule has 0 aromatic heterocycles. The van der Waals surface area contributed by atoms with E-state index in [2.05, 4.69) is 10.3 Å². The molecule has 0 aliphatic carbocycles. The number of aliphatic imine (C=N–C) groups is 1. The summed E-state index contributed by atoms with van der Waals surface area (Å²) in [5.41, 5.74) is 0. The molecule has 1 heterocycles. The van der Waals surface area contributed by atoms with Crippen molar-refractivity contribution in [1.82, 2.24) is 5.32 Å². The number of halogens is 4. The number of hydrogen-bond acceptors (Lipinski definition) is 2. The first kappa shape index (κ1) is 14.6. The monoisotopic (exact) mass is 272 g/mol. The first-order chi connectivity index (χ1) is 7.83. The van der Waals surface area contributed by atoms with E-state index in [0.717, 1.165) is 12.2 Å². The van der Waals surface area contributed by atoms with Crippen LogP contribution in [-0.2, 0) is 0 Å². The Morgan fingerprint density at radius 2 is 2.12 bits per heavy atom. The molecule has 1 saturated heterocycles. The van der Waals surface area contributed by atoms with E-state index >= 15 is 0 Å². The zero-order valence-corrected chi connectivity index (χ0v) is 10.5. The van der Waals surface area contributed by atoms with E-state index in [4.69, 9.17) is 0 Å². The fourth-order valence-electron chi connectivity index (χ4n) is 1.39. The molecule has 1 aliphatic heterocycles. The minimum atomic E-state index is -4.04. The Bertz CT molecular complexity index is 281. The summed E-state index contributed by atoms with van der Waals surface area (Å²) in [7, 11) is 0. The third-order valence-corrected chi connectivity index (χ3v) is 3.49. The average molecular weight is 272 g/mol. The van der Waals surface area contributed by atoms with Gasteiger partial charge in [-0.15, -0.1) is 0 Å². The molecule has 0 amide bonds. The smallest absolute Gasteiger partial charge is 0.326 e. The van der Waals surface area contributed by atoms with Crippen molar-refractivity contribution in [2.24, 2.45) is 10.9 Å². The van der Waals surface area contributed by atoms with E-state index in [-0.39, 0.29) is 6.04 Å². The normalized spacial score (nSPS) is 24.5. The minimum Gasteiger partial charge on any atom is -0.362 e. The maximum atomic E-state index is 12.7. The van der Waals surface area contributed by atoms with E-state index in [0.29, 0.717) is 11.1 Å². The molecule has 0 aromatic carbocycles. The van der Waals surface area contributed by atoms with Gasteiger partial charge in [0.15, 0.2) is 5.17 Å². The van der Waals surface area contributed by atoms with Gasteiger partial charge in [-0.25, -0.2) is 8.78 Å². The highest BCUT2D eigenvalue weighted by molar-refractivity contribution is 8.13. The molecule has 1 rings (SSSR count). The first-order valence-corrected chi connectivity index (χ1v) is 6.41. The van der Waals surface area contributed by atoms with Gasteiger partial charge >= 0.3 is 12.3 Å². The maximum Gasteiger partial charge on any atom is 0.326 e. The molecule has 0 radical (unpaired) electrons. The summed E-state index contributed by atoms with van der Waals surface area (Å²) in [6.45, 7) is 2.86. The van der Waals surface area contributed by atoms with Gasteiger partial charge in [0.25, 0.3) is 0 Å². The predicted molar refractivity (Wildman–Crippen MR) is 62.1 cm³/mol. The molecule has 1 atom stereocenters. The van der Waals surface area contributed by atoms with Crippen LogP contribution in [0.4, 0.5) is 17.6 Å². The zero-order chi connectivity index (χ0) is 13.1. The molecule has 0 bridgehead atoms. The highest BCUT2D eigenvalue weighted by Crippen LogP contribution is 2.24. The number of nitrogens with zero attached hydrogens (tertiary/aromatic N) is 1. The third-order valence-electron chi connectivity index (χ3n) is 2.53. The molecule has 0 saturated carbocycles. The van der Waals surface area contributed by atoms with Crippen molar-refractivity contribution in [3.8, 4) is 0 Å². The Morgan fingerprint density at radius 3 is 2.65 bits per heavy atom. The number of nitrogens with one attached hydrogen (secondary N) is 1. The van der Waals surface area contributed by atoms with Crippen LogP contribution in [0.2, 0.25) is 0 Å². The van der Waals surface area contributed by atoms with E-state index in [1.54, 1.807) is 0 Å². The summed E-state index contributed by atoms with van der Waals surface area (Å²) < 4.78 is 49.2. The topological polar surface area (TPSA) is 24.4 Å². The van der Waals surface area contributed by atoms with Crippen LogP contribution in [0.3, 0.4) is 0 Å². The van der Waals surface area contributed by atoms with Crippen LogP contribution in [0, 0.1) is 5.92 Å². The molecule has 1 unspecified atom stereocenters. The summed E-state index contributed by atoms with van der Waals surface area (Å²) in [6.07, 6.45) is -2.74. The van der Waals surface area contributed by atoms with Gasteiger partial charge in [-0.1, -0.05) is 25.6 Å². The number of alkyl halides is 4. The second kappa shape index (κ2) is 5.93. The van der Waals surface area contributed by atoms with Crippen LogP contribution in [0.25, 0.3) is 0 Å². The van der Waals surface area contributed by atoms with Gasteiger partial charge in [0, 0.05) is 11.8 Å². The molecule has 7 heteroatoms. The Labute approximate surface area is 102 Å². The van der Waals surface area contributed by atoms with Crippen molar-refractivity contribution in [3.63, 3.8) is 0 Å². The minimum absolute atomic E-state index is 0.176. The number of amidine groups is 1. The summed E-state index contributed by atoms with van der Waals surface area (Å²) in [4.78, 5) is 3.55. The van der Waals surface area contributed by atoms with Crippen LogP contribution < -0.4 is 5.32 Å². The second-order valence-electron chi connectivity index (χ2n) is 4.32. The molecule has 0 aromatic rings. The SMILES string of the molecule is CC(C)C1CCSC(=NCC(F)(F)C(F)F)N1. The predicted octanol–water partition coefficient (Wildman–Crippen LogP) is 2.99. The zero-order valence-electron chi connectivity index (χ0n) is 9.72. The standard InChI is InChI=1S/C10H16F4N2S/c1-6(2)7-3-4-17-9(16-7)15-5-10(13,14)8(11)12/h6-8H,3-5H2,1-2H3,(H,15,16). The highest BCUT2D eigenvalue weighted by Gasteiger charge is 2.40. The summed E-state index contributed by atoms with van der Waals surface area (Å²) >= 11 is 1.30. The fourth-order valence-corrected chi connectivity index (χ4v) is 2.35. The summed E-state index contributed by atoms with van der Waals surface area (Å²) in [6, 6.07) is 0.176. The number of hydrogen-bond donors (Lipinski definition) is 1. The van der Waals surface area contributed by atoms with Crippen LogP contribution in [0.15, 0.2) is 4.99 Å². The lowest BCUT2D eigenvalue weighted by atomic mass is 10.0. The first-order valence-electron chi connectivity index (χ1n) is 5.42. The molecule has 1 fully saturated rings. The summed E-state index contributed by atoms with van der Waals surface area (Å²) in [5, 5.41) is 3.34. The Balaban J connectivity index is 2.55. The lowest BCUT2D eigenvalue weighted by molar-refractivity contribution is -0.119. The highest BCUT2D eigenvalue weighted by atomic mass is 32.2. The van der Waals surface area contributed by atoms with Crippen molar-refractivity contribution in [2.45, 2.75) is 38.7 Å². The molecular formula is C10H16F4N2S. The van der Waals surface area contributed by atoms with Gasteiger partial charge in [-0.3, -0.25) is 4.99 Å². The van der Waals surface area contributed by atoms with Gasteiger partial charge < -0.3 is 5.32 Å². The van der Waals surface area contributed by atoms with Gasteiger partial charge in [0.05, 0.1) is 0 Å². The van der Waals surface area contributed by atoms with Crippen LogP contribution >= 0.6 is 11.8 Å². The third kappa shape index (κ3) is 4.37. The fraction of sp³-hybridized carbons (Fsp3) is 0.900. The van der Waals surface area contributed by atoms with Crippen LogP contribution in [0.5, 0.6) is 0 Å². The average Bonchev–Trinajstić information content (AvgIpc) is 2.26. The molecule has 0 spiro atoms. The van der Waals surface area contributed by atoms with Crippen molar-refractivity contribution >= 4 is 16.9 Å². The van der Waals surface area contributed by atoms with E-state index < -0.39 is 18.9 Å². The summed E-state index contributed by atoms with van der Waals surface area (Å²) in [5.74, 6) is -2.91. The van der Waals surface area contributed by atoms with E-state index in [1.165, 1.54) is 11.8 Å². The van der Waals surface area contributed by atoms with Gasteiger partial charge in [-0.2, -0.15) is 8.78 Å². The van der Waals surface area contributed by atoms with E-state index in [9.17, 15) is 17.6 Å². The Morgan fingerprint density at radius 1 is 1.47 bits per heavy atom. The van der Waals surface area contributed by atoms with Gasteiger partial charge in [-0.05, 0) is 12.3 Å². The maximum absolute atomic E-state index is 12.7. The molecular weight excluding hydrogens is 256 g/mol. The van der Waals surface area contributed by atoms with Crippen LogP contribution in [0.1, 0.15) is 20.3 Å². The van der Waals surface area contributed by atoms with Crippen LogP contribution in [-0.4, -0.2) is 35.9 Å². The van der Waals surface area contributed by atoms with Crippen molar-refractivity contribution in [2.75, 3.05) is 12.3 Å². The lowest BCUT2D eigenvalue weighted by Crippen LogP contribution is -2.42. The van der Waals surface area contributed by atoms with Crippen molar-refractivity contribution < 1.29 is 17.6 Å². The lowest BCUT2D eigenvalue weighted by Gasteiger charge is -2.28.